The minimum Gasteiger partial charge on any atom is -0.423 e. The van der Waals surface area contributed by atoms with Gasteiger partial charge in [0.2, 0.25) is 0 Å². The van der Waals surface area contributed by atoms with Gasteiger partial charge in [-0.15, -0.1) is 0 Å². The van der Waals surface area contributed by atoms with Gasteiger partial charge in [-0.1, -0.05) is 12.1 Å². The number of ether oxygens (including phenoxy) is 1. The highest BCUT2D eigenvalue weighted by Crippen LogP contribution is 2.12. The summed E-state index contributed by atoms with van der Waals surface area (Å²) in [6.45, 7) is 4.95. The lowest BCUT2D eigenvalue weighted by Gasteiger charge is -2.33. The monoisotopic (exact) mass is 253 g/mol. The van der Waals surface area contributed by atoms with Crippen LogP contribution in [0.2, 0.25) is 0 Å². The number of halogens is 1. The smallest absolute Gasteiger partial charge is 0.423 e. The number of rotatable bonds is 3. The van der Waals surface area contributed by atoms with E-state index in [4.69, 9.17) is 14.8 Å². The van der Waals surface area contributed by atoms with E-state index < -0.39 is 12.9 Å². The maximum absolute atomic E-state index is 13.3. The fourth-order valence-electron chi connectivity index (χ4n) is 2.12. The van der Waals surface area contributed by atoms with Crippen molar-refractivity contribution in [3.63, 3.8) is 0 Å². The second-order valence-corrected chi connectivity index (χ2v) is 4.62. The lowest BCUT2D eigenvalue weighted by atomic mass is 9.79. The van der Waals surface area contributed by atoms with Crippen LogP contribution >= 0.6 is 0 Å². The second kappa shape index (κ2) is 5.80. The molecule has 0 amide bonds. The minimum absolute atomic E-state index is 0.0755. The Hall–Kier alpha value is -0.945. The molecule has 1 unspecified atom stereocenters. The van der Waals surface area contributed by atoms with Gasteiger partial charge < -0.3 is 14.8 Å². The van der Waals surface area contributed by atoms with Crippen LogP contribution < -0.4 is 5.46 Å². The van der Waals surface area contributed by atoms with Crippen LogP contribution in [-0.2, 0) is 11.3 Å². The maximum Gasteiger partial charge on any atom is 0.491 e. The van der Waals surface area contributed by atoms with Crippen LogP contribution in [0.25, 0.3) is 0 Å². The van der Waals surface area contributed by atoms with E-state index in [1.807, 2.05) is 0 Å². The number of hydrogen-bond acceptors (Lipinski definition) is 4. The van der Waals surface area contributed by atoms with Crippen molar-refractivity contribution in [1.29, 1.82) is 0 Å². The molecule has 1 fully saturated rings. The van der Waals surface area contributed by atoms with E-state index in [0.29, 0.717) is 25.8 Å². The van der Waals surface area contributed by atoms with E-state index in [1.165, 1.54) is 12.1 Å². The van der Waals surface area contributed by atoms with E-state index in [9.17, 15) is 4.39 Å². The van der Waals surface area contributed by atoms with Gasteiger partial charge in [0.05, 0.1) is 13.2 Å². The van der Waals surface area contributed by atoms with E-state index >= 15 is 0 Å². The molecule has 1 aromatic rings. The molecule has 4 nitrogen and oxygen atoms in total. The molecular formula is C12H17BFNO3. The molecule has 1 aromatic carbocycles. The van der Waals surface area contributed by atoms with Crippen molar-refractivity contribution in [2.24, 2.45) is 0 Å². The standard InChI is InChI=1S/C12H17BFNO3/c1-9-8-18-5-4-15(9)7-10-2-3-12(14)11(6-10)13(16)17/h2-3,6,9,16-17H,4-5,7-8H2,1H3. The number of hydrogen-bond donors (Lipinski definition) is 2. The Kier molecular flexibility index (Phi) is 4.34. The van der Waals surface area contributed by atoms with E-state index in [-0.39, 0.29) is 5.46 Å². The molecule has 2 N–H and O–H groups in total. The third-order valence-electron chi connectivity index (χ3n) is 3.23. The van der Waals surface area contributed by atoms with Gasteiger partial charge in [0.25, 0.3) is 0 Å². The molecule has 0 aromatic heterocycles. The molecule has 1 atom stereocenters. The predicted octanol–water partition coefficient (Wildman–Crippen LogP) is -0.274. The first-order valence-electron chi connectivity index (χ1n) is 6.04. The molecule has 1 saturated heterocycles. The first kappa shape index (κ1) is 13.5. The minimum atomic E-state index is -1.77. The van der Waals surface area contributed by atoms with Crippen LogP contribution in [-0.4, -0.2) is 47.9 Å². The van der Waals surface area contributed by atoms with Crippen LogP contribution in [0, 0.1) is 5.82 Å². The molecule has 18 heavy (non-hydrogen) atoms. The van der Waals surface area contributed by atoms with Crippen molar-refractivity contribution >= 4 is 12.6 Å². The number of benzene rings is 1. The molecule has 0 bridgehead atoms. The SMILES string of the molecule is CC1COCCN1Cc1ccc(F)c(B(O)O)c1. The van der Waals surface area contributed by atoms with Crippen LogP contribution in [0.5, 0.6) is 0 Å². The quantitative estimate of drug-likeness (QED) is 0.728. The third kappa shape index (κ3) is 3.08. The Bertz CT molecular complexity index is 416. The van der Waals surface area contributed by atoms with Crippen molar-refractivity contribution in [2.75, 3.05) is 19.8 Å². The highest BCUT2D eigenvalue weighted by atomic mass is 19.1. The van der Waals surface area contributed by atoms with Crippen LogP contribution in [0.4, 0.5) is 4.39 Å². The van der Waals surface area contributed by atoms with Gasteiger partial charge >= 0.3 is 7.12 Å². The zero-order valence-corrected chi connectivity index (χ0v) is 10.3. The summed E-state index contributed by atoms with van der Waals surface area (Å²) < 4.78 is 18.7. The fourth-order valence-corrected chi connectivity index (χ4v) is 2.12. The van der Waals surface area contributed by atoms with E-state index in [2.05, 4.69) is 11.8 Å². The highest BCUT2D eigenvalue weighted by Gasteiger charge is 2.21. The van der Waals surface area contributed by atoms with Crippen LogP contribution in [0.1, 0.15) is 12.5 Å². The van der Waals surface area contributed by atoms with Crippen molar-refractivity contribution in [3.8, 4) is 0 Å². The lowest BCUT2D eigenvalue weighted by molar-refractivity contribution is -0.00436. The van der Waals surface area contributed by atoms with Crippen molar-refractivity contribution in [2.45, 2.75) is 19.5 Å². The zero-order chi connectivity index (χ0) is 13.1. The zero-order valence-electron chi connectivity index (χ0n) is 10.3. The Balaban J connectivity index is 2.11. The average molecular weight is 253 g/mol. The molecule has 98 valence electrons. The third-order valence-corrected chi connectivity index (χ3v) is 3.23. The molecule has 6 heteroatoms. The van der Waals surface area contributed by atoms with E-state index in [0.717, 1.165) is 12.1 Å². The molecule has 0 spiro atoms. The summed E-state index contributed by atoms with van der Waals surface area (Å²) in [6, 6.07) is 4.76. The topological polar surface area (TPSA) is 52.9 Å². The molecule has 0 radical (unpaired) electrons. The van der Waals surface area contributed by atoms with Gasteiger partial charge in [-0.25, -0.2) is 4.39 Å². The van der Waals surface area contributed by atoms with E-state index in [1.54, 1.807) is 6.07 Å². The summed E-state index contributed by atoms with van der Waals surface area (Å²) in [5.41, 5.74) is 0.793. The molecule has 0 aliphatic carbocycles. The van der Waals surface area contributed by atoms with Gasteiger partial charge in [-0.3, -0.25) is 4.90 Å². The predicted molar refractivity (Wildman–Crippen MR) is 66.9 cm³/mol. The lowest BCUT2D eigenvalue weighted by Crippen LogP contribution is -2.43. The largest absolute Gasteiger partial charge is 0.491 e. The molecule has 1 heterocycles. The van der Waals surface area contributed by atoms with Gasteiger partial charge in [-0.05, 0) is 18.6 Å². The Morgan fingerprint density at radius 1 is 1.50 bits per heavy atom. The van der Waals surface area contributed by atoms with Gasteiger partial charge in [0, 0.05) is 24.6 Å². The second-order valence-electron chi connectivity index (χ2n) is 4.62. The molecule has 1 aliphatic rings. The molecule has 0 saturated carbocycles. The summed E-state index contributed by atoms with van der Waals surface area (Å²) in [5, 5.41) is 18.1. The molecule has 1 aliphatic heterocycles. The van der Waals surface area contributed by atoms with Crippen molar-refractivity contribution < 1.29 is 19.2 Å². The Morgan fingerprint density at radius 3 is 2.94 bits per heavy atom. The average Bonchev–Trinajstić information content (AvgIpc) is 2.34. The highest BCUT2D eigenvalue weighted by molar-refractivity contribution is 6.58. The Morgan fingerprint density at radius 2 is 2.28 bits per heavy atom. The number of morpholine rings is 1. The van der Waals surface area contributed by atoms with Crippen LogP contribution in [0.15, 0.2) is 18.2 Å². The first-order chi connectivity index (χ1) is 8.58. The van der Waals surface area contributed by atoms with Gasteiger partial charge in [0.1, 0.15) is 5.82 Å². The normalized spacial score (nSPS) is 21.0. The van der Waals surface area contributed by atoms with Crippen LogP contribution in [0.3, 0.4) is 0 Å². The first-order valence-corrected chi connectivity index (χ1v) is 6.04. The number of nitrogens with zero attached hydrogens (tertiary/aromatic N) is 1. The Labute approximate surface area is 106 Å². The van der Waals surface area contributed by atoms with Gasteiger partial charge in [-0.2, -0.15) is 0 Å². The summed E-state index contributed by atoms with van der Waals surface area (Å²) in [4.78, 5) is 2.23. The summed E-state index contributed by atoms with van der Waals surface area (Å²) in [6.07, 6.45) is 0. The summed E-state index contributed by atoms with van der Waals surface area (Å²) in [5.74, 6) is -0.594. The molecule has 2 rings (SSSR count). The van der Waals surface area contributed by atoms with Gasteiger partial charge in [0.15, 0.2) is 0 Å². The summed E-state index contributed by atoms with van der Waals surface area (Å²) in [7, 11) is -1.77. The van der Waals surface area contributed by atoms with Crippen molar-refractivity contribution in [3.05, 3.63) is 29.6 Å². The summed E-state index contributed by atoms with van der Waals surface area (Å²) >= 11 is 0. The maximum atomic E-state index is 13.3. The van der Waals surface area contributed by atoms with Crippen molar-refractivity contribution in [1.82, 2.24) is 4.90 Å². The molecular weight excluding hydrogens is 236 g/mol. The fraction of sp³-hybridized carbons (Fsp3) is 0.500.